The second-order valence-corrected chi connectivity index (χ2v) is 7.21. The summed E-state index contributed by atoms with van der Waals surface area (Å²) < 4.78 is 12.6. The van der Waals surface area contributed by atoms with Crippen LogP contribution in [0.25, 0.3) is 21.6 Å². The molecule has 0 unspecified atom stereocenters. The number of fused-ring (bicyclic) bond motifs is 1. The van der Waals surface area contributed by atoms with E-state index >= 15 is 0 Å². The van der Waals surface area contributed by atoms with Gasteiger partial charge in [0.2, 0.25) is 0 Å². The Kier molecular flexibility index (Phi) is 4.94. The number of anilines is 1. The highest BCUT2D eigenvalue weighted by atomic mass is 32.1. The molecule has 0 saturated carbocycles. The molecular weight excluding hydrogens is 376 g/mol. The Balaban J connectivity index is 1.39. The van der Waals surface area contributed by atoms with Crippen LogP contribution in [0.4, 0.5) is 10.5 Å². The number of aryl methyl sites for hydroxylation is 1. The molecule has 2 heterocycles. The molecule has 2 aromatic carbocycles. The summed E-state index contributed by atoms with van der Waals surface area (Å²) in [5, 5.41) is 3.54. The smallest absolute Gasteiger partial charge is 0.411 e. The predicted octanol–water partition coefficient (Wildman–Crippen LogP) is 4.45. The van der Waals surface area contributed by atoms with Crippen molar-refractivity contribution in [2.45, 2.75) is 6.61 Å². The second-order valence-electron chi connectivity index (χ2n) is 6.09. The topological polar surface area (TPSA) is 78.3 Å². The van der Waals surface area contributed by atoms with Gasteiger partial charge in [0.05, 0.1) is 34.9 Å². The molecule has 0 radical (unpaired) electrons. The molecule has 2 aromatic heterocycles. The third-order valence-electron chi connectivity index (χ3n) is 4.21. The summed E-state index contributed by atoms with van der Waals surface area (Å²) >= 11 is 1.46. The lowest BCUT2D eigenvalue weighted by molar-refractivity contribution is 0.156. The first-order valence-electron chi connectivity index (χ1n) is 8.57. The number of thiazole rings is 1. The molecule has 4 rings (SSSR count). The van der Waals surface area contributed by atoms with Crippen LogP contribution in [0.2, 0.25) is 0 Å². The van der Waals surface area contributed by atoms with E-state index in [9.17, 15) is 4.79 Å². The number of nitrogens with one attached hydrogen (secondary N) is 1. The number of carbonyl (C=O) groups is 1. The van der Waals surface area contributed by atoms with Gasteiger partial charge in [-0.05, 0) is 30.3 Å². The summed E-state index contributed by atoms with van der Waals surface area (Å²) in [5.41, 5.74) is 3.35. The number of hydrogen-bond acceptors (Lipinski definition) is 6. The Morgan fingerprint density at radius 1 is 1.21 bits per heavy atom. The number of nitrogens with zero attached hydrogens (tertiary/aromatic N) is 3. The molecular formula is C20H18N4O3S. The van der Waals surface area contributed by atoms with Gasteiger partial charge in [0.1, 0.15) is 17.4 Å². The highest BCUT2D eigenvalue weighted by molar-refractivity contribution is 7.15. The van der Waals surface area contributed by atoms with Crippen LogP contribution in [0.15, 0.2) is 55.0 Å². The molecule has 0 aliphatic carbocycles. The van der Waals surface area contributed by atoms with Crippen molar-refractivity contribution < 1.29 is 14.3 Å². The minimum absolute atomic E-state index is 0.143. The number of ether oxygens (including phenoxy) is 2. The summed E-state index contributed by atoms with van der Waals surface area (Å²) in [5.74, 6) is 0.756. The third-order valence-corrected chi connectivity index (χ3v) is 5.21. The van der Waals surface area contributed by atoms with Crippen molar-refractivity contribution in [1.29, 1.82) is 0 Å². The van der Waals surface area contributed by atoms with Crippen LogP contribution < -0.4 is 10.1 Å². The van der Waals surface area contributed by atoms with Crippen molar-refractivity contribution in [3.63, 3.8) is 0 Å². The highest BCUT2D eigenvalue weighted by Gasteiger charge is 2.11. The number of para-hydroxylation sites is 1. The normalized spacial score (nSPS) is 10.8. The molecule has 0 saturated heterocycles. The Labute approximate surface area is 165 Å². The third kappa shape index (κ3) is 3.67. The molecule has 8 heteroatoms. The largest absolute Gasteiger partial charge is 0.496 e. The molecule has 0 aliphatic rings. The van der Waals surface area contributed by atoms with Crippen molar-refractivity contribution in [3.8, 4) is 16.3 Å². The fraction of sp³-hybridized carbons (Fsp3) is 0.150. The Morgan fingerprint density at radius 3 is 2.93 bits per heavy atom. The summed E-state index contributed by atoms with van der Waals surface area (Å²) in [7, 11) is 3.55. The zero-order chi connectivity index (χ0) is 19.5. The molecule has 0 aliphatic heterocycles. The summed E-state index contributed by atoms with van der Waals surface area (Å²) in [6, 6.07) is 13.2. The Morgan fingerprint density at radius 2 is 2.07 bits per heavy atom. The van der Waals surface area contributed by atoms with Crippen LogP contribution in [0.3, 0.4) is 0 Å². The first kappa shape index (κ1) is 18.0. The van der Waals surface area contributed by atoms with Crippen LogP contribution in [-0.2, 0) is 18.4 Å². The maximum absolute atomic E-state index is 12.1. The van der Waals surface area contributed by atoms with Gasteiger partial charge in [-0.1, -0.05) is 12.1 Å². The lowest BCUT2D eigenvalue weighted by Crippen LogP contribution is -2.13. The average molecular weight is 394 g/mol. The van der Waals surface area contributed by atoms with E-state index in [0.717, 1.165) is 32.2 Å². The van der Waals surface area contributed by atoms with Crippen molar-refractivity contribution in [2.75, 3.05) is 12.4 Å². The Bertz CT molecular complexity index is 1140. The van der Waals surface area contributed by atoms with Gasteiger partial charge in [-0.3, -0.25) is 5.32 Å². The predicted molar refractivity (Wildman–Crippen MR) is 109 cm³/mol. The second kappa shape index (κ2) is 7.69. The Hall–Kier alpha value is -3.39. The first-order chi connectivity index (χ1) is 13.6. The van der Waals surface area contributed by atoms with Gasteiger partial charge < -0.3 is 14.0 Å². The number of carbonyl (C=O) groups excluding carboxylic acids is 1. The monoisotopic (exact) mass is 394 g/mol. The fourth-order valence-electron chi connectivity index (χ4n) is 2.82. The fourth-order valence-corrected chi connectivity index (χ4v) is 3.68. The molecule has 4 aromatic rings. The van der Waals surface area contributed by atoms with Gasteiger partial charge in [0, 0.05) is 18.9 Å². The summed E-state index contributed by atoms with van der Waals surface area (Å²) in [6.45, 7) is 0.143. The highest BCUT2D eigenvalue weighted by Crippen LogP contribution is 2.32. The molecule has 0 atom stereocenters. The van der Waals surface area contributed by atoms with Crippen LogP contribution in [-0.4, -0.2) is 27.7 Å². The maximum Gasteiger partial charge on any atom is 0.411 e. The van der Waals surface area contributed by atoms with Crippen LogP contribution in [0.5, 0.6) is 5.75 Å². The molecule has 28 heavy (non-hydrogen) atoms. The van der Waals surface area contributed by atoms with Gasteiger partial charge in [0.25, 0.3) is 0 Å². The van der Waals surface area contributed by atoms with Gasteiger partial charge in [-0.2, -0.15) is 0 Å². The molecule has 1 N–H and O–H groups in total. The van der Waals surface area contributed by atoms with Crippen molar-refractivity contribution >= 4 is 34.2 Å². The van der Waals surface area contributed by atoms with Crippen LogP contribution >= 0.6 is 11.3 Å². The standard InChI is InChI=1S/C20H18N4O3S/c1-24-12-22-16-9-13(7-8-17(16)24)23-20(25)27-11-14-10-21-19(28-14)15-5-3-4-6-18(15)26-2/h3-10,12H,11H2,1-2H3,(H,23,25). The molecule has 0 bridgehead atoms. The number of rotatable bonds is 5. The van der Waals surface area contributed by atoms with Gasteiger partial charge in [-0.15, -0.1) is 11.3 Å². The number of methoxy groups -OCH3 is 1. The maximum atomic E-state index is 12.1. The van der Waals surface area contributed by atoms with E-state index < -0.39 is 6.09 Å². The summed E-state index contributed by atoms with van der Waals surface area (Å²) in [4.78, 5) is 21.6. The van der Waals surface area contributed by atoms with Crippen LogP contribution in [0, 0.1) is 0 Å². The number of hydrogen-bond donors (Lipinski definition) is 1. The van der Waals surface area contributed by atoms with E-state index in [-0.39, 0.29) is 6.61 Å². The summed E-state index contributed by atoms with van der Waals surface area (Å²) in [6.07, 6.45) is 2.91. The first-order valence-corrected chi connectivity index (χ1v) is 9.38. The minimum atomic E-state index is -0.525. The van der Waals surface area contributed by atoms with E-state index in [0.29, 0.717) is 5.69 Å². The number of benzene rings is 2. The quantitative estimate of drug-likeness (QED) is 0.541. The SMILES string of the molecule is COc1ccccc1-c1ncc(COC(=O)Nc2ccc3c(c2)ncn3C)s1. The number of amides is 1. The zero-order valence-corrected chi connectivity index (χ0v) is 16.2. The van der Waals surface area contributed by atoms with E-state index in [4.69, 9.17) is 9.47 Å². The molecule has 7 nitrogen and oxygen atoms in total. The molecule has 1 amide bonds. The van der Waals surface area contributed by atoms with Gasteiger partial charge in [-0.25, -0.2) is 14.8 Å². The molecule has 0 spiro atoms. The molecule has 142 valence electrons. The lowest BCUT2D eigenvalue weighted by atomic mass is 10.2. The van der Waals surface area contributed by atoms with Crippen molar-refractivity contribution in [1.82, 2.24) is 14.5 Å². The minimum Gasteiger partial charge on any atom is -0.496 e. The van der Waals surface area contributed by atoms with E-state index in [2.05, 4.69) is 15.3 Å². The van der Waals surface area contributed by atoms with Crippen molar-refractivity contribution in [2.24, 2.45) is 7.05 Å². The molecule has 0 fully saturated rings. The number of imidazole rings is 1. The number of aromatic nitrogens is 3. The van der Waals surface area contributed by atoms with Gasteiger partial charge >= 0.3 is 6.09 Å². The lowest BCUT2D eigenvalue weighted by Gasteiger charge is -2.06. The van der Waals surface area contributed by atoms with Crippen LogP contribution in [0.1, 0.15) is 4.88 Å². The average Bonchev–Trinajstić information content (AvgIpc) is 3.33. The van der Waals surface area contributed by atoms with Gasteiger partial charge in [0.15, 0.2) is 0 Å². The van der Waals surface area contributed by atoms with E-state index in [1.807, 2.05) is 54.1 Å². The van der Waals surface area contributed by atoms with E-state index in [1.54, 1.807) is 19.6 Å². The zero-order valence-electron chi connectivity index (χ0n) is 15.4. The van der Waals surface area contributed by atoms with Crippen molar-refractivity contribution in [3.05, 3.63) is 59.9 Å². The van der Waals surface area contributed by atoms with E-state index in [1.165, 1.54) is 11.3 Å².